The Morgan fingerprint density at radius 3 is 1.75 bits per heavy atom. The molecule has 0 N–H and O–H groups in total. The maximum atomic E-state index is 6.79. The molecular weight excluding hydrogens is 395 g/mol. The zero-order valence-electron chi connectivity index (χ0n) is 18.2. The van der Waals surface area contributed by atoms with Gasteiger partial charge in [0.15, 0.2) is 14.1 Å². The molecule has 3 nitrogen and oxygen atoms in total. The van der Waals surface area contributed by atoms with Crippen molar-refractivity contribution in [2.75, 3.05) is 13.1 Å². The molecule has 0 spiro atoms. The van der Waals surface area contributed by atoms with Crippen LogP contribution < -0.4 is 10.4 Å². The van der Waals surface area contributed by atoms with Crippen molar-refractivity contribution in [1.29, 1.82) is 0 Å². The third kappa shape index (κ3) is 3.62. The lowest BCUT2D eigenvalue weighted by molar-refractivity contribution is -0.246. The van der Waals surface area contributed by atoms with Crippen LogP contribution in [0.15, 0.2) is 60.7 Å². The fourth-order valence-electron chi connectivity index (χ4n) is 4.70. The van der Waals surface area contributed by atoms with Gasteiger partial charge in [-0.25, -0.2) is 0 Å². The Balaban J connectivity index is 2.19. The summed E-state index contributed by atoms with van der Waals surface area (Å²) < 4.78 is 6.79. The number of benzene rings is 2. The first-order valence-corrected chi connectivity index (χ1v) is 20.6. The van der Waals surface area contributed by atoms with Crippen LogP contribution >= 0.6 is 0 Å². The van der Waals surface area contributed by atoms with Crippen molar-refractivity contribution in [1.82, 2.24) is 5.06 Å². The average molecular weight is 430 g/mol. The summed E-state index contributed by atoms with van der Waals surface area (Å²) in [7, 11) is -5.69. The first-order chi connectivity index (χ1) is 13.3. The minimum Gasteiger partial charge on any atom is -0.395 e. The van der Waals surface area contributed by atoms with E-state index in [2.05, 4.69) is 101 Å². The summed E-state index contributed by atoms with van der Waals surface area (Å²) in [5.41, 5.74) is 0. The minimum atomic E-state index is -2.03. The number of hydroxylamine groups is 2. The molecule has 0 aromatic heterocycles. The molecular formula is C22H35NO2Si3. The summed E-state index contributed by atoms with van der Waals surface area (Å²) >= 11 is 0. The topological polar surface area (TPSA) is 21.7 Å². The van der Waals surface area contributed by atoms with E-state index >= 15 is 0 Å². The molecule has 152 valence electrons. The van der Waals surface area contributed by atoms with E-state index < -0.39 is 22.5 Å². The normalized spacial score (nSPS) is 22.9. The highest BCUT2D eigenvalue weighted by atomic mass is 29.6. The molecule has 1 unspecified atom stereocenters. The quantitative estimate of drug-likeness (QED) is 0.513. The van der Waals surface area contributed by atoms with Gasteiger partial charge in [-0.1, -0.05) is 98.0 Å². The smallest absolute Gasteiger partial charge is 0.175 e. The number of nitrogens with zero attached hydrogens (tertiary/aromatic N) is 1. The van der Waals surface area contributed by atoms with Gasteiger partial charge >= 0.3 is 0 Å². The van der Waals surface area contributed by atoms with Crippen molar-refractivity contribution in [3.8, 4) is 0 Å². The Labute approximate surface area is 173 Å². The maximum Gasteiger partial charge on any atom is 0.175 e. The van der Waals surface area contributed by atoms with Gasteiger partial charge in [-0.2, -0.15) is 5.06 Å². The standard InChI is InChI=1S/C22H35NO2Si3/c1-7-23(8-2)24-22-19-28(20-15-11-9-12-16-20,21-17-13-10-14-18-21)27(5,6)26(3,4)25-22/h9-18,22H,7-8,19H2,1-6H3. The van der Waals surface area contributed by atoms with Gasteiger partial charge in [0, 0.05) is 19.1 Å². The third-order valence-corrected chi connectivity index (χ3v) is 43.9. The van der Waals surface area contributed by atoms with Crippen molar-refractivity contribution < 1.29 is 9.26 Å². The van der Waals surface area contributed by atoms with E-state index in [0.29, 0.717) is 0 Å². The predicted octanol–water partition coefficient (Wildman–Crippen LogP) is 3.95. The fraction of sp³-hybridized carbons (Fsp3) is 0.455. The highest BCUT2D eigenvalue weighted by Gasteiger charge is 2.65. The fourth-order valence-corrected chi connectivity index (χ4v) is 36.9. The zero-order chi connectivity index (χ0) is 20.4. The van der Waals surface area contributed by atoms with E-state index in [1.807, 2.05) is 5.06 Å². The summed E-state index contributed by atoms with van der Waals surface area (Å²) in [5.74, 6) is 0. The Kier molecular flexibility index (Phi) is 6.48. The van der Waals surface area contributed by atoms with E-state index in [1.165, 1.54) is 0 Å². The second kappa shape index (κ2) is 8.38. The van der Waals surface area contributed by atoms with Crippen LogP contribution in [-0.2, 0) is 9.26 Å². The second-order valence-corrected chi connectivity index (χ2v) is 33.8. The van der Waals surface area contributed by atoms with Crippen LogP contribution in [0.5, 0.6) is 0 Å². The van der Waals surface area contributed by atoms with Crippen LogP contribution in [0.1, 0.15) is 13.8 Å². The first-order valence-electron chi connectivity index (χ1n) is 10.5. The molecule has 0 bridgehead atoms. The summed E-state index contributed by atoms with van der Waals surface area (Å²) in [6.07, 6.45) is -0.144. The molecule has 1 atom stereocenters. The van der Waals surface area contributed by atoms with Crippen molar-refractivity contribution >= 4 is 32.9 Å². The number of rotatable bonds is 6. The molecule has 0 aliphatic carbocycles. The molecule has 0 amide bonds. The molecule has 1 aliphatic heterocycles. The monoisotopic (exact) mass is 429 g/mol. The zero-order valence-corrected chi connectivity index (χ0v) is 21.2. The maximum absolute atomic E-state index is 6.79. The Morgan fingerprint density at radius 2 is 1.32 bits per heavy atom. The van der Waals surface area contributed by atoms with Gasteiger partial charge in [-0.05, 0) is 13.1 Å². The first kappa shape index (κ1) is 21.7. The molecule has 0 saturated carbocycles. The van der Waals surface area contributed by atoms with Gasteiger partial charge in [0.2, 0.25) is 0 Å². The van der Waals surface area contributed by atoms with Crippen LogP contribution in [0.2, 0.25) is 32.2 Å². The third-order valence-electron chi connectivity index (χ3n) is 6.98. The van der Waals surface area contributed by atoms with Crippen molar-refractivity contribution in [2.45, 2.75) is 52.4 Å². The van der Waals surface area contributed by atoms with E-state index in [1.54, 1.807) is 10.4 Å². The van der Waals surface area contributed by atoms with Gasteiger partial charge in [0.25, 0.3) is 0 Å². The summed E-state index contributed by atoms with van der Waals surface area (Å²) in [6.45, 7) is 16.1. The predicted molar refractivity (Wildman–Crippen MR) is 127 cm³/mol. The van der Waals surface area contributed by atoms with Crippen molar-refractivity contribution in [3.63, 3.8) is 0 Å². The minimum absolute atomic E-state index is 0.144. The van der Waals surface area contributed by atoms with Gasteiger partial charge in [-0.3, -0.25) is 4.84 Å². The van der Waals surface area contributed by atoms with Crippen LogP contribution in [0, 0.1) is 0 Å². The lowest BCUT2D eigenvalue weighted by Crippen LogP contribution is -2.86. The molecule has 1 fully saturated rings. The highest BCUT2D eigenvalue weighted by molar-refractivity contribution is 7.73. The van der Waals surface area contributed by atoms with Gasteiger partial charge in [0.1, 0.15) is 7.59 Å². The van der Waals surface area contributed by atoms with E-state index in [4.69, 9.17) is 9.26 Å². The van der Waals surface area contributed by atoms with Crippen LogP contribution in [0.25, 0.3) is 0 Å². The van der Waals surface area contributed by atoms with Crippen molar-refractivity contribution in [3.05, 3.63) is 60.7 Å². The highest BCUT2D eigenvalue weighted by Crippen LogP contribution is 2.39. The molecule has 6 heteroatoms. The lowest BCUT2D eigenvalue weighted by atomic mass is 10.4. The molecule has 1 heterocycles. The molecule has 2 aromatic rings. The van der Waals surface area contributed by atoms with Crippen LogP contribution in [-0.4, -0.2) is 47.0 Å². The lowest BCUT2D eigenvalue weighted by Gasteiger charge is -2.57. The Morgan fingerprint density at radius 1 is 0.857 bits per heavy atom. The van der Waals surface area contributed by atoms with E-state index in [0.717, 1.165) is 19.1 Å². The van der Waals surface area contributed by atoms with Gasteiger partial charge in [0.05, 0.1) is 7.11 Å². The van der Waals surface area contributed by atoms with Crippen LogP contribution in [0.4, 0.5) is 0 Å². The molecule has 1 saturated heterocycles. The van der Waals surface area contributed by atoms with Crippen LogP contribution in [0.3, 0.4) is 0 Å². The largest absolute Gasteiger partial charge is 0.395 e. The summed E-state index contributed by atoms with van der Waals surface area (Å²) in [6, 6.07) is 23.6. The molecule has 28 heavy (non-hydrogen) atoms. The molecule has 2 aromatic carbocycles. The van der Waals surface area contributed by atoms with E-state index in [-0.39, 0.29) is 6.29 Å². The Bertz CT molecular complexity index is 724. The van der Waals surface area contributed by atoms with Crippen molar-refractivity contribution in [2.24, 2.45) is 0 Å². The average Bonchev–Trinajstić information content (AvgIpc) is 2.70. The molecule has 3 rings (SSSR count). The SMILES string of the molecule is CCN(CC)OC1C[Si](c2ccccc2)(c2ccccc2)[Si](C)(C)[Si](C)(C)O1. The number of hydrogen-bond donors (Lipinski definition) is 0. The van der Waals surface area contributed by atoms with Gasteiger partial charge < -0.3 is 4.43 Å². The molecule has 0 radical (unpaired) electrons. The Hall–Kier alpha value is -1.03. The summed E-state index contributed by atoms with van der Waals surface area (Å²) in [4.78, 5) is 6.42. The number of hydrogen-bond acceptors (Lipinski definition) is 3. The molecule has 1 aliphatic rings. The van der Waals surface area contributed by atoms with E-state index in [9.17, 15) is 0 Å². The summed E-state index contributed by atoms with van der Waals surface area (Å²) in [5, 5.41) is 5.15. The second-order valence-electron chi connectivity index (χ2n) is 8.74. The van der Waals surface area contributed by atoms with Gasteiger partial charge in [-0.15, -0.1) is 0 Å².